The molecule has 0 radical (unpaired) electrons. The summed E-state index contributed by atoms with van der Waals surface area (Å²) in [6.07, 6.45) is -3.47. The summed E-state index contributed by atoms with van der Waals surface area (Å²) < 4.78 is 82.4. The van der Waals surface area contributed by atoms with Gasteiger partial charge in [0, 0.05) is 11.6 Å². The molecule has 0 aliphatic rings. The molecule has 154 valence electrons. The van der Waals surface area contributed by atoms with Gasteiger partial charge in [-0.05, 0) is 29.8 Å². The maximum absolute atomic E-state index is 13.9. The highest BCUT2D eigenvalue weighted by atomic mass is 19.4. The predicted molar refractivity (Wildman–Crippen MR) is 95.1 cm³/mol. The van der Waals surface area contributed by atoms with Crippen molar-refractivity contribution in [2.45, 2.75) is 12.8 Å². The molecule has 0 N–H and O–H groups in total. The molecular formula is C20H11F6N3O. The SMILES string of the molecule is N#C/C(=C\c1ccc(-n2nc(C(F)(F)F)cc2OC(F)F)cc1)c1ccccc1F. The zero-order valence-electron chi connectivity index (χ0n) is 14.9. The standard InChI is InChI=1S/C20H11F6N3O/c21-16-4-2-1-3-15(16)13(11-27)9-12-5-7-14(8-6-12)29-18(30-19(22)23)10-17(28-29)20(24,25)26/h1-10,19H/b13-9+. The van der Waals surface area contributed by atoms with Gasteiger partial charge in [0.05, 0.1) is 17.3 Å². The maximum Gasteiger partial charge on any atom is 0.435 e. The van der Waals surface area contributed by atoms with Gasteiger partial charge in [0.15, 0.2) is 5.69 Å². The number of benzene rings is 2. The Kier molecular flexibility index (Phi) is 5.82. The number of aromatic nitrogens is 2. The van der Waals surface area contributed by atoms with Crippen molar-refractivity contribution in [2.75, 3.05) is 0 Å². The molecule has 0 fully saturated rings. The number of ether oxygens (including phenoxy) is 1. The van der Waals surface area contributed by atoms with Crippen LogP contribution in [0.15, 0.2) is 54.6 Å². The van der Waals surface area contributed by atoms with Crippen molar-refractivity contribution < 1.29 is 31.1 Å². The lowest BCUT2D eigenvalue weighted by atomic mass is 10.0. The number of hydrogen-bond acceptors (Lipinski definition) is 3. The Bertz CT molecular complexity index is 1110. The number of allylic oxidation sites excluding steroid dienone is 1. The average molecular weight is 423 g/mol. The van der Waals surface area contributed by atoms with Crippen LogP contribution in [-0.4, -0.2) is 16.4 Å². The quantitative estimate of drug-likeness (QED) is 0.301. The van der Waals surface area contributed by atoms with Gasteiger partial charge in [0.1, 0.15) is 5.82 Å². The minimum absolute atomic E-state index is 0.0164. The van der Waals surface area contributed by atoms with Crippen molar-refractivity contribution in [3.63, 3.8) is 0 Å². The van der Waals surface area contributed by atoms with Crippen molar-refractivity contribution in [3.8, 4) is 17.6 Å². The van der Waals surface area contributed by atoms with E-state index in [1.165, 1.54) is 48.5 Å². The van der Waals surface area contributed by atoms with E-state index in [9.17, 15) is 31.6 Å². The number of hydrogen-bond donors (Lipinski definition) is 0. The van der Waals surface area contributed by atoms with Crippen LogP contribution >= 0.6 is 0 Å². The second-order valence-electron chi connectivity index (χ2n) is 5.90. The summed E-state index contributed by atoms with van der Waals surface area (Å²) in [5.41, 5.74) is -0.839. The van der Waals surface area contributed by atoms with Gasteiger partial charge in [-0.2, -0.15) is 32.3 Å². The number of rotatable bonds is 5. The summed E-state index contributed by atoms with van der Waals surface area (Å²) in [4.78, 5) is 0. The first kappa shape index (κ1) is 21.0. The van der Waals surface area contributed by atoms with Crippen molar-refractivity contribution in [1.82, 2.24) is 9.78 Å². The minimum Gasteiger partial charge on any atom is -0.417 e. The normalized spacial score (nSPS) is 12.1. The van der Waals surface area contributed by atoms with Gasteiger partial charge in [0.2, 0.25) is 5.88 Å². The third kappa shape index (κ3) is 4.63. The van der Waals surface area contributed by atoms with Crippen LogP contribution in [0.3, 0.4) is 0 Å². The van der Waals surface area contributed by atoms with Gasteiger partial charge < -0.3 is 4.74 Å². The summed E-state index contributed by atoms with van der Waals surface area (Å²) >= 11 is 0. The molecule has 3 aromatic rings. The predicted octanol–water partition coefficient (Wildman–Crippen LogP) is 5.70. The number of nitriles is 1. The Balaban J connectivity index is 1.97. The smallest absolute Gasteiger partial charge is 0.417 e. The molecule has 0 bridgehead atoms. The molecule has 0 unspecified atom stereocenters. The van der Waals surface area contributed by atoms with E-state index in [0.717, 1.165) is 0 Å². The molecule has 1 aromatic heterocycles. The zero-order chi connectivity index (χ0) is 21.9. The second-order valence-corrected chi connectivity index (χ2v) is 5.90. The first-order valence-corrected chi connectivity index (χ1v) is 8.28. The Hall–Kier alpha value is -3.74. The zero-order valence-corrected chi connectivity index (χ0v) is 14.9. The van der Waals surface area contributed by atoms with Crippen LogP contribution in [0.25, 0.3) is 17.3 Å². The van der Waals surface area contributed by atoms with E-state index in [2.05, 4.69) is 9.84 Å². The molecule has 0 saturated carbocycles. The van der Waals surface area contributed by atoms with Crippen molar-refractivity contribution in [1.29, 1.82) is 5.26 Å². The molecule has 0 amide bonds. The number of alkyl halides is 5. The highest BCUT2D eigenvalue weighted by molar-refractivity contribution is 5.89. The van der Waals surface area contributed by atoms with Crippen LogP contribution in [0.2, 0.25) is 0 Å². The van der Waals surface area contributed by atoms with Gasteiger partial charge in [-0.3, -0.25) is 0 Å². The van der Waals surface area contributed by atoms with Crippen LogP contribution in [-0.2, 0) is 6.18 Å². The fourth-order valence-corrected chi connectivity index (χ4v) is 2.59. The highest BCUT2D eigenvalue weighted by Crippen LogP contribution is 2.33. The van der Waals surface area contributed by atoms with Gasteiger partial charge in [-0.15, -0.1) is 0 Å². The van der Waals surface area contributed by atoms with Crippen LogP contribution in [0.1, 0.15) is 16.8 Å². The van der Waals surface area contributed by atoms with Gasteiger partial charge >= 0.3 is 12.8 Å². The molecule has 3 rings (SSSR count). The molecule has 30 heavy (non-hydrogen) atoms. The van der Waals surface area contributed by atoms with Crippen LogP contribution in [0.4, 0.5) is 26.3 Å². The largest absolute Gasteiger partial charge is 0.435 e. The number of nitrogens with zero attached hydrogens (tertiary/aromatic N) is 3. The van der Waals surface area contributed by atoms with E-state index >= 15 is 0 Å². The number of halogens is 6. The summed E-state index contributed by atoms with van der Waals surface area (Å²) in [6, 6.07) is 13.3. The van der Waals surface area contributed by atoms with E-state index < -0.39 is 30.2 Å². The Morgan fingerprint density at radius 1 is 1.10 bits per heavy atom. The van der Waals surface area contributed by atoms with E-state index in [0.29, 0.717) is 16.3 Å². The van der Waals surface area contributed by atoms with Crippen LogP contribution in [0, 0.1) is 17.1 Å². The Labute approximate surface area is 166 Å². The third-order valence-electron chi connectivity index (χ3n) is 3.91. The molecule has 10 heteroatoms. The van der Waals surface area contributed by atoms with Gasteiger partial charge in [-0.25, -0.2) is 9.07 Å². The molecule has 1 heterocycles. The van der Waals surface area contributed by atoms with E-state index in [-0.39, 0.29) is 16.8 Å². The molecule has 0 aliphatic carbocycles. The summed E-state index contributed by atoms with van der Waals surface area (Å²) in [5, 5.41) is 12.6. The van der Waals surface area contributed by atoms with Crippen LogP contribution in [0.5, 0.6) is 5.88 Å². The third-order valence-corrected chi connectivity index (χ3v) is 3.91. The molecule has 0 atom stereocenters. The molecule has 0 aliphatic heterocycles. The maximum atomic E-state index is 13.9. The first-order valence-electron chi connectivity index (χ1n) is 8.28. The van der Waals surface area contributed by atoms with Gasteiger partial charge in [0.25, 0.3) is 0 Å². The Morgan fingerprint density at radius 2 is 1.77 bits per heavy atom. The average Bonchev–Trinajstić information content (AvgIpc) is 3.11. The molecule has 0 spiro atoms. The van der Waals surface area contributed by atoms with E-state index in [1.54, 1.807) is 6.07 Å². The van der Waals surface area contributed by atoms with Crippen LogP contribution < -0.4 is 4.74 Å². The summed E-state index contributed by atoms with van der Waals surface area (Å²) in [5.74, 6) is -1.38. The summed E-state index contributed by atoms with van der Waals surface area (Å²) in [6.45, 7) is -3.34. The fourth-order valence-electron chi connectivity index (χ4n) is 2.59. The molecule has 2 aromatic carbocycles. The minimum atomic E-state index is -4.85. The molecular weight excluding hydrogens is 412 g/mol. The molecule has 4 nitrogen and oxygen atoms in total. The lowest BCUT2D eigenvalue weighted by Gasteiger charge is -2.08. The van der Waals surface area contributed by atoms with E-state index in [4.69, 9.17) is 0 Å². The lowest BCUT2D eigenvalue weighted by molar-refractivity contribution is -0.141. The topological polar surface area (TPSA) is 50.8 Å². The fraction of sp³-hybridized carbons (Fsp3) is 0.100. The monoisotopic (exact) mass is 423 g/mol. The first-order chi connectivity index (χ1) is 14.2. The second kappa shape index (κ2) is 8.32. The van der Waals surface area contributed by atoms with Crippen molar-refractivity contribution in [2.24, 2.45) is 0 Å². The van der Waals surface area contributed by atoms with Crippen molar-refractivity contribution in [3.05, 3.63) is 77.2 Å². The van der Waals surface area contributed by atoms with E-state index in [1.807, 2.05) is 6.07 Å². The highest BCUT2D eigenvalue weighted by Gasteiger charge is 2.36. The summed E-state index contributed by atoms with van der Waals surface area (Å²) in [7, 11) is 0. The van der Waals surface area contributed by atoms with Gasteiger partial charge in [-0.1, -0.05) is 30.3 Å². The Morgan fingerprint density at radius 3 is 2.33 bits per heavy atom. The molecule has 0 saturated heterocycles. The lowest BCUT2D eigenvalue weighted by Crippen LogP contribution is -2.09. The van der Waals surface area contributed by atoms with Crippen molar-refractivity contribution >= 4 is 11.6 Å².